The molecule has 0 aromatic carbocycles. The van der Waals surface area contributed by atoms with E-state index in [-0.39, 0.29) is 6.10 Å². The predicted molar refractivity (Wildman–Crippen MR) is 34.8 cm³/mol. The van der Waals surface area contributed by atoms with E-state index in [4.69, 9.17) is 9.84 Å². The minimum absolute atomic E-state index is 0.216. The number of morpholine rings is 1. The lowest BCUT2D eigenvalue weighted by molar-refractivity contribution is -0.145. The topological polar surface area (TPSA) is 58.6 Å². The third-order valence-corrected chi connectivity index (χ3v) is 1.58. The quantitative estimate of drug-likeness (QED) is 0.519. The van der Waals surface area contributed by atoms with Crippen LogP contribution in [0.4, 0.5) is 0 Å². The molecule has 2 atom stereocenters. The molecule has 1 fully saturated rings. The zero-order valence-electron chi connectivity index (χ0n) is 5.83. The molecule has 0 spiro atoms. The average molecular weight is 145 g/mol. The summed E-state index contributed by atoms with van der Waals surface area (Å²) >= 11 is 0. The molecule has 1 rings (SSSR count). The van der Waals surface area contributed by atoms with Crippen LogP contribution in [-0.4, -0.2) is 36.4 Å². The maximum absolute atomic E-state index is 10.4. The first-order valence-electron chi connectivity index (χ1n) is 3.29. The molecular formula is C6H11NO3. The summed E-state index contributed by atoms with van der Waals surface area (Å²) in [5.41, 5.74) is 0. The molecule has 1 unspecified atom stereocenters. The van der Waals surface area contributed by atoms with Crippen LogP contribution in [0.1, 0.15) is 6.92 Å². The number of nitrogens with one attached hydrogen (secondary N) is 1. The highest BCUT2D eigenvalue weighted by molar-refractivity contribution is 5.74. The summed E-state index contributed by atoms with van der Waals surface area (Å²) in [7, 11) is 0. The number of hydrogen-bond donors (Lipinski definition) is 2. The van der Waals surface area contributed by atoms with Crippen LogP contribution < -0.4 is 5.32 Å². The van der Waals surface area contributed by atoms with E-state index in [2.05, 4.69) is 5.32 Å². The van der Waals surface area contributed by atoms with Crippen molar-refractivity contribution in [1.82, 2.24) is 5.32 Å². The minimum Gasteiger partial charge on any atom is -0.480 e. The van der Waals surface area contributed by atoms with Crippen molar-refractivity contribution in [2.24, 2.45) is 0 Å². The lowest BCUT2D eigenvalue weighted by Crippen LogP contribution is -2.51. The van der Waals surface area contributed by atoms with Gasteiger partial charge in [0.1, 0.15) is 6.04 Å². The standard InChI is InChI=1S/C6H11NO3/c1-4-5(6(8)9)7-2-3-10-4/h4-5,7H,2-3H2,1H3,(H,8,9)/t4?,5-/m1/s1. The Morgan fingerprint density at radius 2 is 2.50 bits per heavy atom. The van der Waals surface area contributed by atoms with Crippen LogP contribution in [0.2, 0.25) is 0 Å². The van der Waals surface area contributed by atoms with Gasteiger partial charge >= 0.3 is 5.97 Å². The van der Waals surface area contributed by atoms with E-state index in [1.807, 2.05) is 0 Å². The van der Waals surface area contributed by atoms with Crippen LogP contribution in [0.15, 0.2) is 0 Å². The minimum atomic E-state index is -0.841. The van der Waals surface area contributed by atoms with Crippen LogP contribution in [0.25, 0.3) is 0 Å². The fraction of sp³-hybridized carbons (Fsp3) is 0.833. The van der Waals surface area contributed by atoms with Crippen LogP contribution in [0.3, 0.4) is 0 Å². The zero-order valence-corrected chi connectivity index (χ0v) is 5.83. The van der Waals surface area contributed by atoms with Crippen molar-refractivity contribution in [3.05, 3.63) is 0 Å². The van der Waals surface area contributed by atoms with Gasteiger partial charge in [-0.15, -0.1) is 0 Å². The van der Waals surface area contributed by atoms with Gasteiger partial charge < -0.3 is 9.84 Å². The number of carbonyl (C=O) groups is 1. The van der Waals surface area contributed by atoms with Crippen molar-refractivity contribution in [2.75, 3.05) is 13.2 Å². The third-order valence-electron chi connectivity index (χ3n) is 1.58. The van der Waals surface area contributed by atoms with E-state index >= 15 is 0 Å². The van der Waals surface area contributed by atoms with E-state index < -0.39 is 12.0 Å². The monoisotopic (exact) mass is 145 g/mol. The van der Waals surface area contributed by atoms with Gasteiger partial charge in [-0.1, -0.05) is 0 Å². The summed E-state index contributed by atoms with van der Waals surface area (Å²) in [6, 6.07) is -0.534. The molecular weight excluding hydrogens is 134 g/mol. The first-order valence-corrected chi connectivity index (χ1v) is 3.29. The van der Waals surface area contributed by atoms with E-state index in [0.717, 1.165) is 0 Å². The van der Waals surface area contributed by atoms with Crippen molar-refractivity contribution < 1.29 is 14.6 Å². The van der Waals surface area contributed by atoms with Gasteiger partial charge in [-0.3, -0.25) is 10.1 Å². The van der Waals surface area contributed by atoms with Gasteiger partial charge in [-0.25, -0.2) is 0 Å². The molecule has 1 heterocycles. The summed E-state index contributed by atoms with van der Waals surface area (Å²) in [5.74, 6) is -0.841. The van der Waals surface area contributed by atoms with Crippen LogP contribution in [-0.2, 0) is 9.53 Å². The highest BCUT2D eigenvalue weighted by Crippen LogP contribution is 2.02. The Kier molecular flexibility index (Phi) is 2.24. The Hall–Kier alpha value is -0.610. The smallest absolute Gasteiger partial charge is 0.323 e. The molecule has 0 aromatic heterocycles. The van der Waals surface area contributed by atoms with Crippen molar-refractivity contribution in [3.63, 3.8) is 0 Å². The molecule has 1 saturated heterocycles. The van der Waals surface area contributed by atoms with Crippen LogP contribution in [0, 0.1) is 0 Å². The summed E-state index contributed by atoms with van der Waals surface area (Å²) in [5, 5.41) is 11.4. The Balaban J connectivity index is 2.47. The Labute approximate surface area is 59.2 Å². The average Bonchev–Trinajstić information content (AvgIpc) is 1.88. The molecule has 0 aliphatic carbocycles. The number of rotatable bonds is 1. The number of carboxylic acids is 1. The van der Waals surface area contributed by atoms with Gasteiger partial charge in [0, 0.05) is 6.54 Å². The van der Waals surface area contributed by atoms with E-state index in [1.165, 1.54) is 0 Å². The third kappa shape index (κ3) is 1.46. The normalized spacial score (nSPS) is 33.7. The van der Waals surface area contributed by atoms with Gasteiger partial charge in [-0.2, -0.15) is 0 Å². The molecule has 2 N–H and O–H groups in total. The van der Waals surface area contributed by atoms with E-state index in [9.17, 15) is 4.79 Å². The molecule has 10 heavy (non-hydrogen) atoms. The SMILES string of the molecule is CC1OCCN[C@H]1C(=O)O. The van der Waals surface area contributed by atoms with Crippen molar-refractivity contribution in [1.29, 1.82) is 0 Å². The molecule has 0 bridgehead atoms. The maximum atomic E-state index is 10.4. The predicted octanol–water partition coefficient (Wildman–Crippen LogP) is -0.552. The Morgan fingerprint density at radius 3 is 2.90 bits per heavy atom. The maximum Gasteiger partial charge on any atom is 0.323 e. The van der Waals surface area contributed by atoms with Gasteiger partial charge in [-0.05, 0) is 6.92 Å². The lowest BCUT2D eigenvalue weighted by atomic mass is 10.1. The number of aliphatic carboxylic acids is 1. The first-order chi connectivity index (χ1) is 4.72. The summed E-state index contributed by atoms with van der Waals surface area (Å²) in [6.45, 7) is 2.98. The van der Waals surface area contributed by atoms with Gasteiger partial charge in [0.25, 0.3) is 0 Å². The second-order valence-electron chi connectivity index (χ2n) is 2.35. The largest absolute Gasteiger partial charge is 0.480 e. The molecule has 1 aliphatic heterocycles. The van der Waals surface area contributed by atoms with Crippen LogP contribution in [0.5, 0.6) is 0 Å². The lowest BCUT2D eigenvalue weighted by Gasteiger charge is -2.26. The highest BCUT2D eigenvalue weighted by Gasteiger charge is 2.27. The second kappa shape index (κ2) is 2.98. The van der Waals surface area contributed by atoms with Crippen molar-refractivity contribution >= 4 is 5.97 Å². The first kappa shape index (κ1) is 7.50. The van der Waals surface area contributed by atoms with Gasteiger partial charge in [0.2, 0.25) is 0 Å². The van der Waals surface area contributed by atoms with Gasteiger partial charge in [0.15, 0.2) is 0 Å². The number of hydrogen-bond acceptors (Lipinski definition) is 3. The molecule has 0 amide bonds. The number of carboxylic acid groups (broad SMARTS) is 1. The molecule has 0 radical (unpaired) electrons. The molecule has 4 nitrogen and oxygen atoms in total. The summed E-state index contributed by atoms with van der Waals surface area (Å²) in [4.78, 5) is 10.4. The van der Waals surface area contributed by atoms with Crippen molar-refractivity contribution in [2.45, 2.75) is 19.1 Å². The Bertz CT molecular complexity index is 137. The fourth-order valence-corrected chi connectivity index (χ4v) is 1.01. The molecule has 0 aromatic rings. The van der Waals surface area contributed by atoms with Gasteiger partial charge in [0.05, 0.1) is 12.7 Å². The molecule has 0 saturated carbocycles. The summed E-state index contributed by atoms with van der Waals surface area (Å²) < 4.78 is 5.11. The summed E-state index contributed by atoms with van der Waals surface area (Å²) in [6.07, 6.45) is -0.216. The highest BCUT2D eigenvalue weighted by atomic mass is 16.5. The van der Waals surface area contributed by atoms with Crippen LogP contribution >= 0.6 is 0 Å². The fourth-order valence-electron chi connectivity index (χ4n) is 1.01. The molecule has 4 heteroatoms. The molecule has 1 aliphatic rings. The van der Waals surface area contributed by atoms with E-state index in [1.54, 1.807) is 6.92 Å². The van der Waals surface area contributed by atoms with E-state index in [0.29, 0.717) is 13.2 Å². The van der Waals surface area contributed by atoms with Crippen molar-refractivity contribution in [3.8, 4) is 0 Å². The second-order valence-corrected chi connectivity index (χ2v) is 2.35. The number of ether oxygens (including phenoxy) is 1. The molecule has 58 valence electrons. The zero-order chi connectivity index (χ0) is 7.56. The Morgan fingerprint density at radius 1 is 1.80 bits per heavy atom.